The molecule has 0 aromatic heterocycles. The van der Waals surface area contributed by atoms with E-state index in [2.05, 4.69) is 13.0 Å². The van der Waals surface area contributed by atoms with Crippen LogP contribution < -0.4 is 0 Å². The number of hydrogen-bond acceptors (Lipinski definition) is 1. The zero-order valence-corrected chi connectivity index (χ0v) is 13.3. The largest absolute Gasteiger partial charge is 0.493 e. The van der Waals surface area contributed by atoms with E-state index in [4.69, 9.17) is 4.74 Å². The third-order valence-corrected chi connectivity index (χ3v) is 2.55. The van der Waals surface area contributed by atoms with Crippen LogP contribution in [-0.4, -0.2) is 6.10 Å². The molecular formula is C16H31FO. The molecule has 0 heterocycles. The number of rotatable bonds is 7. The summed E-state index contributed by atoms with van der Waals surface area (Å²) in [6.07, 6.45) is 5.55. The molecule has 0 saturated heterocycles. The first-order valence-corrected chi connectivity index (χ1v) is 7.17. The second kappa shape index (κ2) is 12.7. The maximum absolute atomic E-state index is 13.6. The highest BCUT2D eigenvalue weighted by molar-refractivity contribution is 5.02. The molecule has 1 nitrogen and oxygen atoms in total. The van der Waals surface area contributed by atoms with E-state index in [1.165, 1.54) is 5.57 Å². The van der Waals surface area contributed by atoms with Crippen LogP contribution in [0.2, 0.25) is 0 Å². The Labute approximate surface area is 113 Å². The standard InChI is InChI=1S/C14H25FO.C2H6/c1-6-13(7-2)9-8-10-14(15)12(5)16-11(3)4;1-2/h6,11H,7-10H2,1-5H3;1-2H3/b13-6-,14-12-;. The lowest BCUT2D eigenvalue weighted by molar-refractivity contribution is 0.139. The first-order chi connectivity index (χ1) is 8.51. The van der Waals surface area contributed by atoms with E-state index in [0.29, 0.717) is 12.2 Å². The third kappa shape index (κ3) is 10.4. The van der Waals surface area contributed by atoms with Gasteiger partial charge >= 0.3 is 0 Å². The minimum absolute atomic E-state index is 0.0486. The molecule has 108 valence electrons. The number of halogens is 1. The lowest BCUT2D eigenvalue weighted by atomic mass is 10.1. The Morgan fingerprint density at radius 1 is 1.22 bits per heavy atom. The van der Waals surface area contributed by atoms with Crippen LogP contribution in [0.15, 0.2) is 23.2 Å². The lowest BCUT2D eigenvalue weighted by Gasteiger charge is -2.11. The van der Waals surface area contributed by atoms with Crippen LogP contribution in [0.5, 0.6) is 0 Å². The average molecular weight is 258 g/mol. The summed E-state index contributed by atoms with van der Waals surface area (Å²) in [5, 5.41) is 0. The summed E-state index contributed by atoms with van der Waals surface area (Å²) in [7, 11) is 0. The molecule has 0 bridgehead atoms. The zero-order valence-electron chi connectivity index (χ0n) is 13.3. The summed E-state index contributed by atoms with van der Waals surface area (Å²) in [6, 6.07) is 0. The highest BCUT2D eigenvalue weighted by Crippen LogP contribution is 2.19. The van der Waals surface area contributed by atoms with Crippen molar-refractivity contribution in [2.75, 3.05) is 0 Å². The molecule has 0 saturated carbocycles. The van der Waals surface area contributed by atoms with Gasteiger partial charge in [0.15, 0.2) is 0 Å². The van der Waals surface area contributed by atoms with E-state index >= 15 is 0 Å². The van der Waals surface area contributed by atoms with Crippen molar-refractivity contribution in [3.05, 3.63) is 23.2 Å². The summed E-state index contributed by atoms with van der Waals surface area (Å²) in [6.45, 7) is 13.7. The quantitative estimate of drug-likeness (QED) is 0.392. The van der Waals surface area contributed by atoms with Gasteiger partial charge < -0.3 is 4.74 Å². The summed E-state index contributed by atoms with van der Waals surface area (Å²) in [5.41, 5.74) is 1.40. The van der Waals surface area contributed by atoms with Gasteiger partial charge in [0, 0.05) is 6.42 Å². The molecular weight excluding hydrogens is 227 g/mol. The molecule has 0 amide bonds. The van der Waals surface area contributed by atoms with Gasteiger partial charge in [-0.05, 0) is 47.0 Å². The molecule has 18 heavy (non-hydrogen) atoms. The van der Waals surface area contributed by atoms with E-state index in [1.807, 2.05) is 34.6 Å². The Morgan fingerprint density at radius 2 is 1.78 bits per heavy atom. The molecule has 0 rings (SSSR count). The Kier molecular flexibility index (Phi) is 13.7. The van der Waals surface area contributed by atoms with Crippen LogP contribution in [-0.2, 0) is 4.74 Å². The Hall–Kier alpha value is -0.790. The summed E-state index contributed by atoms with van der Waals surface area (Å²) < 4.78 is 18.9. The summed E-state index contributed by atoms with van der Waals surface area (Å²) >= 11 is 0. The van der Waals surface area contributed by atoms with Crippen molar-refractivity contribution in [1.82, 2.24) is 0 Å². The molecule has 0 radical (unpaired) electrons. The zero-order chi connectivity index (χ0) is 14.6. The van der Waals surface area contributed by atoms with E-state index < -0.39 is 0 Å². The SMILES string of the molecule is C/C=C(/CC)CCC/C(F)=C(\C)OC(C)C.CC. The van der Waals surface area contributed by atoms with Crippen molar-refractivity contribution in [3.63, 3.8) is 0 Å². The van der Waals surface area contributed by atoms with E-state index in [-0.39, 0.29) is 11.9 Å². The lowest BCUT2D eigenvalue weighted by Crippen LogP contribution is -2.01. The van der Waals surface area contributed by atoms with E-state index in [1.54, 1.807) is 6.92 Å². The monoisotopic (exact) mass is 258 g/mol. The molecule has 0 aliphatic heterocycles. The van der Waals surface area contributed by atoms with Gasteiger partial charge in [-0.25, -0.2) is 4.39 Å². The second-order valence-electron chi connectivity index (χ2n) is 4.28. The second-order valence-corrected chi connectivity index (χ2v) is 4.28. The van der Waals surface area contributed by atoms with Gasteiger partial charge in [-0.15, -0.1) is 0 Å². The average Bonchev–Trinajstić information content (AvgIpc) is 2.36. The highest BCUT2D eigenvalue weighted by Gasteiger charge is 2.05. The van der Waals surface area contributed by atoms with Gasteiger partial charge in [0.1, 0.15) is 11.6 Å². The number of ether oxygens (including phenoxy) is 1. The first kappa shape index (κ1) is 19.5. The smallest absolute Gasteiger partial charge is 0.137 e. The maximum atomic E-state index is 13.6. The number of allylic oxidation sites excluding steroid dienone is 4. The fourth-order valence-corrected chi connectivity index (χ4v) is 1.59. The van der Waals surface area contributed by atoms with Crippen LogP contribution in [0.3, 0.4) is 0 Å². The molecule has 0 aliphatic rings. The van der Waals surface area contributed by atoms with Gasteiger partial charge in [-0.1, -0.05) is 32.4 Å². The maximum Gasteiger partial charge on any atom is 0.137 e. The molecule has 0 spiro atoms. The van der Waals surface area contributed by atoms with Crippen molar-refractivity contribution in [2.45, 2.75) is 80.3 Å². The van der Waals surface area contributed by atoms with Crippen molar-refractivity contribution in [3.8, 4) is 0 Å². The fraction of sp³-hybridized carbons (Fsp3) is 0.750. The van der Waals surface area contributed by atoms with E-state index in [0.717, 1.165) is 19.3 Å². The van der Waals surface area contributed by atoms with Gasteiger partial charge in [-0.2, -0.15) is 0 Å². The topological polar surface area (TPSA) is 9.23 Å². The summed E-state index contributed by atoms with van der Waals surface area (Å²) in [5.74, 6) is 0.328. The van der Waals surface area contributed by atoms with E-state index in [9.17, 15) is 4.39 Å². The minimum Gasteiger partial charge on any atom is -0.493 e. The molecule has 0 aromatic carbocycles. The van der Waals surface area contributed by atoms with Gasteiger partial charge in [0.25, 0.3) is 0 Å². The molecule has 0 N–H and O–H groups in total. The fourth-order valence-electron chi connectivity index (χ4n) is 1.59. The number of hydrogen-bond donors (Lipinski definition) is 0. The predicted molar refractivity (Wildman–Crippen MR) is 79.3 cm³/mol. The molecule has 0 aromatic rings. The van der Waals surface area contributed by atoms with Gasteiger partial charge in [0.05, 0.1) is 6.10 Å². The molecule has 0 aliphatic carbocycles. The van der Waals surface area contributed by atoms with Crippen LogP contribution in [0.25, 0.3) is 0 Å². The Balaban J connectivity index is 0. The predicted octanol–water partition coefficient (Wildman–Crippen LogP) is 6.17. The molecule has 0 unspecified atom stereocenters. The molecule has 0 fully saturated rings. The summed E-state index contributed by atoms with van der Waals surface area (Å²) in [4.78, 5) is 0. The third-order valence-electron chi connectivity index (χ3n) is 2.55. The van der Waals surface area contributed by atoms with Gasteiger partial charge in [0.2, 0.25) is 0 Å². The van der Waals surface area contributed by atoms with Crippen molar-refractivity contribution in [1.29, 1.82) is 0 Å². The normalized spacial score (nSPS) is 12.8. The molecule has 2 heteroatoms. The van der Waals surface area contributed by atoms with Crippen molar-refractivity contribution in [2.24, 2.45) is 0 Å². The van der Waals surface area contributed by atoms with Gasteiger partial charge in [-0.3, -0.25) is 0 Å². The van der Waals surface area contributed by atoms with Crippen LogP contribution in [0.4, 0.5) is 4.39 Å². The molecule has 0 atom stereocenters. The van der Waals surface area contributed by atoms with Crippen molar-refractivity contribution < 1.29 is 9.13 Å². The minimum atomic E-state index is -0.111. The Bertz CT molecular complexity index is 252. The van der Waals surface area contributed by atoms with Crippen molar-refractivity contribution >= 4 is 0 Å². The van der Waals surface area contributed by atoms with Crippen LogP contribution >= 0.6 is 0 Å². The van der Waals surface area contributed by atoms with Crippen LogP contribution in [0, 0.1) is 0 Å². The first-order valence-electron chi connectivity index (χ1n) is 7.17. The Morgan fingerprint density at radius 3 is 2.17 bits per heavy atom. The van der Waals surface area contributed by atoms with Crippen LogP contribution in [0.1, 0.15) is 74.1 Å². The highest BCUT2D eigenvalue weighted by atomic mass is 19.1.